The summed E-state index contributed by atoms with van der Waals surface area (Å²) in [7, 11) is 9.61. The maximum Gasteiger partial charge on any atom is 0.417 e. The molecule has 2 aromatic carbocycles. The van der Waals surface area contributed by atoms with Crippen LogP contribution in [0.5, 0.6) is 0 Å². The van der Waals surface area contributed by atoms with Gasteiger partial charge in [0.1, 0.15) is 47.8 Å². The average Bonchev–Trinajstić information content (AvgIpc) is 1.69. The van der Waals surface area contributed by atoms with E-state index in [9.17, 15) is 55.1 Å². The summed E-state index contributed by atoms with van der Waals surface area (Å²) in [6, 6.07) is -3.02. The van der Waals surface area contributed by atoms with Crippen molar-refractivity contribution in [2.24, 2.45) is 17.8 Å². The molecule has 1 spiro atoms. The fourth-order valence-corrected chi connectivity index (χ4v) is 15.1. The zero-order valence-corrected chi connectivity index (χ0v) is 64.2. The van der Waals surface area contributed by atoms with Crippen LogP contribution in [0.15, 0.2) is 67.8 Å². The third-order valence-electron chi connectivity index (χ3n) is 21.2. The van der Waals surface area contributed by atoms with Crippen LogP contribution in [0.4, 0.5) is 26.3 Å². The van der Waals surface area contributed by atoms with Crippen molar-refractivity contribution in [2.45, 2.75) is 203 Å². The molecule has 12 amide bonds. The number of aryl methyl sites for hydroxylation is 1. The minimum Gasteiger partial charge on any atom is -0.347 e. The molecular formula is C76H107ClF6N12O12. The lowest BCUT2D eigenvalue weighted by atomic mass is 9.90. The van der Waals surface area contributed by atoms with Gasteiger partial charge in [0.15, 0.2) is 0 Å². The fraction of sp³-hybridized carbons (Fsp3) is 0.632. The van der Waals surface area contributed by atoms with Crippen molar-refractivity contribution >= 4 is 82.5 Å². The summed E-state index contributed by atoms with van der Waals surface area (Å²) in [5.41, 5.74) is -3.45. The molecule has 2 heterocycles. The molecular weight excluding hydrogens is 1420 g/mol. The number of amides is 12. The molecule has 107 heavy (non-hydrogen) atoms. The minimum atomic E-state index is -4.82. The predicted octanol–water partition coefficient (Wildman–Crippen LogP) is 7.29. The number of hydrogen-bond acceptors (Lipinski definition) is 12. The maximum absolute atomic E-state index is 15.6. The summed E-state index contributed by atoms with van der Waals surface area (Å²) >= 11 is 6.15. The Morgan fingerprint density at radius 1 is 0.673 bits per heavy atom. The van der Waals surface area contributed by atoms with E-state index in [-0.39, 0.29) is 94.5 Å². The highest BCUT2D eigenvalue weighted by atomic mass is 35.5. The lowest BCUT2D eigenvalue weighted by Gasteiger charge is -2.42. The van der Waals surface area contributed by atoms with Crippen molar-refractivity contribution in [3.63, 3.8) is 0 Å². The van der Waals surface area contributed by atoms with E-state index in [1.165, 1.54) is 81.1 Å². The van der Waals surface area contributed by atoms with E-state index in [2.05, 4.69) is 29.1 Å². The Morgan fingerprint density at radius 3 is 1.85 bits per heavy atom. The normalized spacial score (nSPS) is 24.0. The molecule has 6 rings (SSSR count). The third kappa shape index (κ3) is 22.5. The Balaban J connectivity index is 1.50. The van der Waals surface area contributed by atoms with Gasteiger partial charge < -0.3 is 60.0 Å². The lowest BCUT2D eigenvalue weighted by Crippen LogP contribution is -2.65. The maximum atomic E-state index is 15.6. The van der Waals surface area contributed by atoms with Crippen LogP contribution in [0.25, 0.3) is 0 Å². The fourth-order valence-electron chi connectivity index (χ4n) is 14.7. The van der Waals surface area contributed by atoms with E-state index >= 15 is 28.8 Å². The van der Waals surface area contributed by atoms with Crippen LogP contribution in [0.3, 0.4) is 0 Å². The van der Waals surface area contributed by atoms with Crippen molar-refractivity contribution in [1.29, 1.82) is 0 Å². The van der Waals surface area contributed by atoms with Gasteiger partial charge >= 0.3 is 12.4 Å². The quantitative estimate of drug-likeness (QED) is 0.104. The van der Waals surface area contributed by atoms with Gasteiger partial charge in [-0.2, -0.15) is 26.3 Å². The first-order chi connectivity index (χ1) is 50.2. The Labute approximate surface area is 628 Å². The average molecular weight is 1530 g/mol. The number of fused-ring (bicyclic) bond motifs is 1. The molecule has 4 aliphatic rings. The van der Waals surface area contributed by atoms with Crippen molar-refractivity contribution in [1.82, 2.24) is 60.0 Å². The van der Waals surface area contributed by atoms with Crippen molar-refractivity contribution in [3.05, 3.63) is 95.1 Å². The first-order valence-electron chi connectivity index (χ1n) is 36.8. The number of alkyl halides is 6. The molecule has 2 saturated carbocycles. The Morgan fingerprint density at radius 2 is 1.28 bits per heavy atom. The van der Waals surface area contributed by atoms with Gasteiger partial charge in [-0.3, -0.25) is 57.5 Å². The van der Waals surface area contributed by atoms with Crippen LogP contribution in [-0.4, -0.2) is 251 Å². The molecule has 24 nitrogen and oxygen atoms in total. The number of nitrogens with one attached hydrogen (secondary N) is 3. The Kier molecular flexibility index (Phi) is 31.4. The van der Waals surface area contributed by atoms with E-state index in [4.69, 9.17) is 11.6 Å². The molecule has 0 bridgehead atoms. The highest BCUT2D eigenvalue weighted by Crippen LogP contribution is 2.39. The van der Waals surface area contributed by atoms with Gasteiger partial charge in [0.2, 0.25) is 70.9 Å². The molecule has 2 saturated heterocycles. The van der Waals surface area contributed by atoms with E-state index in [0.29, 0.717) is 44.9 Å². The van der Waals surface area contributed by atoms with Crippen molar-refractivity contribution in [3.8, 4) is 0 Å². The standard InChI is InChI=1S/C76H107ClF6N12O12/c1-14-17-37-93-46-63(99)94(38-18-15-2)59(42-50-27-31-52(32-28-50)75(78,79)80)70(104)88(9)44-60(96)84-55(34-30-49-29-33-53(54(77)41-49)76(81,82)83)68(102)95-39-23-26-56(95)67(101)86-74(35-21-22-36-74)73(107)92(13)65(51-24-19-20-25-51)72(106)91(12)58(69(103)87(7)8)43-61(97)90(11)57(40-47(4)5)66(100)85-64(48(6)16-3)71(105)89(10)45-62(93)98/h14-15,27-29,31-33,41,47-48,51,55-59,64-65H,1-2,16-26,30,34-40,42-46H2,3-13H3,(H,84,96)(H,85,100)(H,86,101)/t48-,55-,56-,57-,58-,59-,64-,65-/m0/s1. The first-order valence-corrected chi connectivity index (χ1v) is 37.1. The highest BCUT2D eigenvalue weighted by molar-refractivity contribution is 6.31. The van der Waals surface area contributed by atoms with Crippen molar-refractivity contribution < 1.29 is 83.9 Å². The van der Waals surface area contributed by atoms with Gasteiger partial charge in [0.25, 0.3) is 0 Å². The summed E-state index contributed by atoms with van der Waals surface area (Å²) in [5, 5.41) is 7.88. The molecule has 31 heteroatoms. The van der Waals surface area contributed by atoms with Crippen LogP contribution < -0.4 is 16.0 Å². The van der Waals surface area contributed by atoms with Crippen LogP contribution >= 0.6 is 11.6 Å². The number of likely N-dealkylation sites (N-methyl/N-ethyl adjacent to an activating group) is 6. The van der Waals surface area contributed by atoms with Crippen LogP contribution in [0.2, 0.25) is 5.02 Å². The molecule has 2 aliphatic carbocycles. The van der Waals surface area contributed by atoms with Crippen LogP contribution in [0.1, 0.15) is 153 Å². The van der Waals surface area contributed by atoms with Gasteiger partial charge in [-0.1, -0.05) is 102 Å². The summed E-state index contributed by atoms with van der Waals surface area (Å²) in [6.45, 7) is 11.9. The van der Waals surface area contributed by atoms with E-state index in [0.717, 1.165) is 67.0 Å². The number of benzene rings is 2. The molecule has 0 radical (unpaired) electrons. The zero-order chi connectivity index (χ0) is 79.7. The molecule has 0 aromatic heterocycles. The predicted molar refractivity (Wildman–Crippen MR) is 389 cm³/mol. The summed E-state index contributed by atoms with van der Waals surface area (Å²) in [5.74, 6) is -10.6. The largest absolute Gasteiger partial charge is 0.417 e. The molecule has 2 aromatic rings. The van der Waals surface area contributed by atoms with Crippen LogP contribution in [-0.2, 0) is 82.7 Å². The smallest absolute Gasteiger partial charge is 0.347 e. The molecule has 0 unspecified atom stereocenters. The number of nitrogens with zero attached hydrogens (tertiary/aromatic N) is 9. The molecule has 3 N–H and O–H groups in total. The lowest BCUT2D eigenvalue weighted by molar-refractivity contribution is -0.156. The summed E-state index contributed by atoms with van der Waals surface area (Å²) in [4.78, 5) is 191. The van der Waals surface area contributed by atoms with Gasteiger partial charge in [-0.15, -0.1) is 13.2 Å². The van der Waals surface area contributed by atoms with E-state index < -0.39 is 192 Å². The number of halogens is 7. The number of rotatable bonds is 17. The van der Waals surface area contributed by atoms with Gasteiger partial charge in [0, 0.05) is 75.4 Å². The van der Waals surface area contributed by atoms with Gasteiger partial charge in [0.05, 0.1) is 42.2 Å². The van der Waals surface area contributed by atoms with Gasteiger partial charge in [-0.25, -0.2) is 0 Å². The van der Waals surface area contributed by atoms with Crippen LogP contribution in [0, 0.1) is 17.8 Å². The second-order valence-corrected chi connectivity index (χ2v) is 30.0. The summed E-state index contributed by atoms with van der Waals surface area (Å²) < 4.78 is 83.8. The number of hydrogen-bond donors (Lipinski definition) is 3. The first kappa shape index (κ1) is 87.3. The zero-order valence-electron chi connectivity index (χ0n) is 63.4. The van der Waals surface area contributed by atoms with E-state index in [1.54, 1.807) is 13.8 Å². The SMILES string of the molecule is C=CCCN1CC(=O)N(CCC=C)[C@@H](Cc2ccc(C(F)(F)F)cc2)C(=O)N(C)CC(=O)N[C@@H](CCc2ccc(C(F)(F)F)c(Cl)c2)C(=O)N2CCC[C@H]2C(=O)NC2(CCCC2)C(=O)N(C)[C@@H](C2CCCC2)C(=O)N(C)[C@H](C(=O)N(C)C)CC(=O)N(C)[C@@H](CC(C)C)C(=O)N[C@@H]([C@@H](C)CC)C(=O)N(C)CC1=O. The molecule has 8 atom stereocenters. The van der Waals surface area contributed by atoms with Gasteiger partial charge in [-0.05, 0) is 124 Å². The second-order valence-electron chi connectivity index (χ2n) is 29.6. The van der Waals surface area contributed by atoms with Crippen molar-refractivity contribution in [2.75, 3.05) is 88.6 Å². The highest BCUT2D eigenvalue weighted by Gasteiger charge is 2.52. The minimum absolute atomic E-state index is 0.0168. The molecule has 2 aliphatic heterocycles. The van der Waals surface area contributed by atoms with E-state index in [1.807, 2.05) is 13.8 Å². The molecule has 4 fully saturated rings. The monoisotopic (exact) mass is 1530 g/mol. The topological polar surface area (TPSA) is 270 Å². The Bertz CT molecular complexity index is 3550. The number of carbonyl (C=O) groups is 12. The molecule has 592 valence electrons. The second kappa shape index (κ2) is 38.5. The number of carbonyl (C=O) groups excluding carboxylic acids is 12. The Hall–Kier alpha value is -8.57. The summed E-state index contributed by atoms with van der Waals surface area (Å²) in [6.07, 6.45) is -3.95. The third-order valence-corrected chi connectivity index (χ3v) is 21.5.